The number of aliphatic carboxylic acids is 2. The van der Waals surface area contributed by atoms with E-state index >= 15 is 0 Å². The van der Waals surface area contributed by atoms with E-state index in [1.807, 2.05) is 0 Å². The summed E-state index contributed by atoms with van der Waals surface area (Å²) >= 11 is 0. The normalized spacial score (nSPS) is 13.5. The first-order valence-corrected chi connectivity index (χ1v) is 6.28. The first-order valence-electron chi connectivity index (χ1n) is 6.28. The van der Waals surface area contributed by atoms with Crippen LogP contribution in [-0.4, -0.2) is 57.7 Å². The van der Waals surface area contributed by atoms with E-state index in [0.29, 0.717) is 0 Å². The zero-order valence-corrected chi connectivity index (χ0v) is 11.0. The van der Waals surface area contributed by atoms with Crippen LogP contribution in [0.4, 0.5) is 0 Å². The van der Waals surface area contributed by atoms with Crippen molar-refractivity contribution in [2.24, 2.45) is 5.92 Å². The number of ether oxygens (including phenoxy) is 1. The highest BCUT2D eigenvalue weighted by Gasteiger charge is 2.31. The van der Waals surface area contributed by atoms with Crippen molar-refractivity contribution in [2.75, 3.05) is 13.2 Å². The molecule has 0 aliphatic carbocycles. The number of hydrogen-bond donors (Lipinski definition) is 4. The monoisotopic (exact) mass is 292 g/mol. The van der Waals surface area contributed by atoms with Crippen LogP contribution in [0.2, 0.25) is 0 Å². The molecule has 116 valence electrons. The molecule has 2 atom stereocenters. The number of rotatable bonds is 11. The Kier molecular flexibility index (Phi) is 9.31. The minimum absolute atomic E-state index is 0.0778. The predicted octanol–water partition coefficient (Wildman–Crippen LogP) is -0.381. The number of carboxylic acid groups (broad SMARTS) is 2. The Hall–Kier alpha value is -1.67. The summed E-state index contributed by atoms with van der Waals surface area (Å²) in [7, 11) is 0. The van der Waals surface area contributed by atoms with Crippen LogP contribution in [0.1, 0.15) is 32.1 Å². The van der Waals surface area contributed by atoms with E-state index in [1.54, 1.807) is 0 Å². The molecule has 0 aliphatic rings. The molecule has 8 heteroatoms. The molecule has 2 unspecified atom stereocenters. The van der Waals surface area contributed by atoms with Crippen molar-refractivity contribution in [2.45, 2.75) is 38.2 Å². The quantitative estimate of drug-likeness (QED) is 0.377. The Morgan fingerprint density at radius 2 is 1.60 bits per heavy atom. The maximum Gasteiger partial charge on any atom is 0.310 e. The number of carbonyl (C=O) groups excluding carboxylic acids is 1. The lowest BCUT2D eigenvalue weighted by molar-refractivity contribution is -0.161. The number of hydrogen-bond acceptors (Lipinski definition) is 6. The van der Waals surface area contributed by atoms with E-state index in [-0.39, 0.29) is 38.7 Å². The topological polar surface area (TPSA) is 141 Å². The molecule has 0 aliphatic heterocycles. The van der Waals surface area contributed by atoms with Gasteiger partial charge in [0.1, 0.15) is 6.10 Å². The molecule has 0 saturated heterocycles. The number of aliphatic hydroxyl groups excluding tert-OH is 2. The fourth-order valence-electron chi connectivity index (χ4n) is 1.67. The van der Waals surface area contributed by atoms with Crippen molar-refractivity contribution < 1.29 is 39.5 Å². The molecule has 0 spiro atoms. The zero-order chi connectivity index (χ0) is 15.5. The van der Waals surface area contributed by atoms with Crippen molar-refractivity contribution in [3.8, 4) is 0 Å². The molecule has 0 fully saturated rings. The second-order valence-corrected chi connectivity index (χ2v) is 4.24. The third-order valence-electron chi connectivity index (χ3n) is 2.67. The Labute approximate surface area is 116 Å². The van der Waals surface area contributed by atoms with Gasteiger partial charge < -0.3 is 25.2 Å². The lowest BCUT2D eigenvalue weighted by Crippen LogP contribution is -2.34. The molecule has 0 aromatic rings. The van der Waals surface area contributed by atoms with E-state index in [1.165, 1.54) is 0 Å². The molecule has 0 aromatic carbocycles. The Balaban J connectivity index is 4.71. The van der Waals surface area contributed by atoms with Gasteiger partial charge in [0.15, 0.2) is 0 Å². The zero-order valence-electron chi connectivity index (χ0n) is 11.0. The summed E-state index contributed by atoms with van der Waals surface area (Å²) in [5.74, 6) is -4.24. The number of carbonyl (C=O) groups is 3. The van der Waals surface area contributed by atoms with Gasteiger partial charge in [0.05, 0.1) is 5.92 Å². The van der Waals surface area contributed by atoms with Crippen LogP contribution in [0.5, 0.6) is 0 Å². The summed E-state index contributed by atoms with van der Waals surface area (Å²) in [6.07, 6.45) is -1.62. The molecular weight excluding hydrogens is 272 g/mol. The molecule has 0 aromatic heterocycles. The fraction of sp³-hybridized carbons (Fsp3) is 0.750. The summed E-state index contributed by atoms with van der Waals surface area (Å²) in [6.45, 7) is -0.609. The van der Waals surface area contributed by atoms with Crippen molar-refractivity contribution in [1.82, 2.24) is 0 Å². The van der Waals surface area contributed by atoms with Crippen LogP contribution < -0.4 is 0 Å². The number of carboxylic acids is 2. The summed E-state index contributed by atoms with van der Waals surface area (Å²) < 4.78 is 4.97. The molecular formula is C12H20O8. The van der Waals surface area contributed by atoms with E-state index in [9.17, 15) is 14.4 Å². The van der Waals surface area contributed by atoms with Crippen LogP contribution in [0.3, 0.4) is 0 Å². The van der Waals surface area contributed by atoms with Crippen LogP contribution in [0, 0.1) is 5.92 Å². The van der Waals surface area contributed by atoms with E-state index in [4.69, 9.17) is 25.2 Å². The van der Waals surface area contributed by atoms with Gasteiger partial charge in [-0.1, -0.05) is 0 Å². The Morgan fingerprint density at radius 1 is 0.950 bits per heavy atom. The molecule has 0 radical (unpaired) electrons. The standard InChI is InChI=1S/C12H20O8/c13-6-1-2-11(17)20-9(3-4-10(15)16)8(5-7-14)12(18)19/h8-9,13-14H,1-7H2,(H,15,16)(H,18,19). The van der Waals surface area contributed by atoms with Crippen molar-refractivity contribution in [3.63, 3.8) is 0 Å². The smallest absolute Gasteiger partial charge is 0.310 e. The van der Waals surface area contributed by atoms with Gasteiger partial charge in [-0.2, -0.15) is 0 Å². The van der Waals surface area contributed by atoms with Gasteiger partial charge in [-0.25, -0.2) is 0 Å². The average Bonchev–Trinajstić information content (AvgIpc) is 2.38. The number of aliphatic hydroxyl groups is 2. The summed E-state index contributed by atoms with van der Waals surface area (Å²) in [5, 5.41) is 35.1. The minimum atomic E-state index is -1.26. The lowest BCUT2D eigenvalue weighted by Gasteiger charge is -2.23. The van der Waals surface area contributed by atoms with Crippen LogP contribution >= 0.6 is 0 Å². The third-order valence-corrected chi connectivity index (χ3v) is 2.67. The average molecular weight is 292 g/mol. The molecule has 0 amide bonds. The van der Waals surface area contributed by atoms with Gasteiger partial charge in [0.2, 0.25) is 0 Å². The second kappa shape index (κ2) is 10.2. The van der Waals surface area contributed by atoms with Gasteiger partial charge in [0, 0.05) is 26.1 Å². The molecule has 0 rings (SSSR count). The van der Waals surface area contributed by atoms with Crippen LogP contribution in [0.15, 0.2) is 0 Å². The van der Waals surface area contributed by atoms with Crippen molar-refractivity contribution in [1.29, 1.82) is 0 Å². The molecule has 0 bridgehead atoms. The SMILES string of the molecule is O=C(O)CCC(OC(=O)CCCO)C(CCO)C(=O)O. The van der Waals surface area contributed by atoms with Gasteiger partial charge in [0.25, 0.3) is 0 Å². The molecule has 0 heterocycles. The lowest BCUT2D eigenvalue weighted by atomic mass is 9.95. The first kappa shape index (κ1) is 18.3. The first-order chi connectivity index (χ1) is 9.42. The highest BCUT2D eigenvalue weighted by molar-refractivity contribution is 5.73. The molecule has 20 heavy (non-hydrogen) atoms. The predicted molar refractivity (Wildman–Crippen MR) is 65.9 cm³/mol. The fourth-order valence-corrected chi connectivity index (χ4v) is 1.67. The summed E-state index contributed by atoms with van der Waals surface area (Å²) in [6, 6.07) is 0. The van der Waals surface area contributed by atoms with Gasteiger partial charge in [-0.05, 0) is 19.3 Å². The highest BCUT2D eigenvalue weighted by Crippen LogP contribution is 2.19. The minimum Gasteiger partial charge on any atom is -0.481 e. The molecule has 0 saturated carbocycles. The van der Waals surface area contributed by atoms with Gasteiger partial charge in [-0.3, -0.25) is 14.4 Å². The highest BCUT2D eigenvalue weighted by atomic mass is 16.5. The maximum absolute atomic E-state index is 11.5. The van der Waals surface area contributed by atoms with Crippen LogP contribution in [-0.2, 0) is 19.1 Å². The summed E-state index contributed by atoms with van der Waals surface area (Å²) in [4.78, 5) is 33.1. The van der Waals surface area contributed by atoms with Crippen molar-refractivity contribution >= 4 is 17.9 Å². The van der Waals surface area contributed by atoms with E-state index in [2.05, 4.69) is 0 Å². The van der Waals surface area contributed by atoms with Crippen molar-refractivity contribution in [3.05, 3.63) is 0 Å². The van der Waals surface area contributed by atoms with Gasteiger partial charge >= 0.3 is 17.9 Å². The van der Waals surface area contributed by atoms with Gasteiger partial charge in [-0.15, -0.1) is 0 Å². The van der Waals surface area contributed by atoms with Crippen LogP contribution in [0.25, 0.3) is 0 Å². The maximum atomic E-state index is 11.5. The Morgan fingerprint density at radius 3 is 2.05 bits per heavy atom. The Bertz CT molecular complexity index is 327. The summed E-state index contributed by atoms with van der Waals surface area (Å²) in [5.41, 5.74) is 0. The number of esters is 1. The largest absolute Gasteiger partial charge is 0.481 e. The molecule has 4 N–H and O–H groups in total. The third kappa shape index (κ3) is 7.70. The molecule has 8 nitrogen and oxygen atoms in total. The second-order valence-electron chi connectivity index (χ2n) is 4.24. The van der Waals surface area contributed by atoms with E-state index < -0.39 is 36.5 Å². The van der Waals surface area contributed by atoms with E-state index in [0.717, 1.165) is 0 Å².